The van der Waals surface area contributed by atoms with Crippen molar-refractivity contribution in [3.05, 3.63) is 64.4 Å². The number of carbonyl (C=O) groups excluding carboxylic acids is 2. The number of amides is 1. The minimum atomic E-state index is -0.546. The number of rotatable bonds is 3. The molecule has 3 rings (SSSR count). The summed E-state index contributed by atoms with van der Waals surface area (Å²) in [5.41, 5.74) is 1.23. The molecule has 7 heteroatoms. The molecular weight excluding hydrogens is 353 g/mol. The number of thioether (sulfide) groups is 1. The highest BCUT2D eigenvalue weighted by Gasteiger charge is 2.36. The molecule has 0 radical (unpaired) electrons. The van der Waals surface area contributed by atoms with Gasteiger partial charge in [-0.15, -0.1) is 11.8 Å². The topological polar surface area (TPSA) is 46.6 Å². The standard InChI is InChI=1S/C17H13ClFNO3S/c1-23-17(22)10-5-7-11(8-6-10)20-14(21)9-24-16(20)15-12(18)3-2-4-13(15)19/h2-8,16H,9H2,1H3. The lowest BCUT2D eigenvalue weighted by Crippen LogP contribution is -2.28. The summed E-state index contributed by atoms with van der Waals surface area (Å²) in [6.07, 6.45) is 0. The van der Waals surface area contributed by atoms with Crippen LogP contribution >= 0.6 is 23.4 Å². The molecule has 1 unspecified atom stereocenters. The van der Waals surface area contributed by atoms with Gasteiger partial charge in [-0.25, -0.2) is 9.18 Å². The zero-order chi connectivity index (χ0) is 17.3. The maximum Gasteiger partial charge on any atom is 0.337 e. The summed E-state index contributed by atoms with van der Waals surface area (Å²) in [5.74, 6) is -0.827. The van der Waals surface area contributed by atoms with Gasteiger partial charge in [0.05, 0.1) is 18.4 Å². The lowest BCUT2D eigenvalue weighted by atomic mass is 10.1. The van der Waals surface area contributed by atoms with Crippen molar-refractivity contribution in [2.24, 2.45) is 0 Å². The van der Waals surface area contributed by atoms with Crippen molar-refractivity contribution in [3.63, 3.8) is 0 Å². The largest absolute Gasteiger partial charge is 0.465 e. The molecule has 0 bridgehead atoms. The number of methoxy groups -OCH3 is 1. The minimum Gasteiger partial charge on any atom is -0.465 e. The lowest BCUT2D eigenvalue weighted by Gasteiger charge is -2.25. The van der Waals surface area contributed by atoms with Crippen molar-refractivity contribution in [3.8, 4) is 0 Å². The Morgan fingerprint density at radius 1 is 1.29 bits per heavy atom. The Kier molecular flexibility index (Phi) is 4.78. The molecule has 0 aromatic heterocycles. The molecule has 0 N–H and O–H groups in total. The highest BCUT2D eigenvalue weighted by Crippen LogP contribution is 2.44. The van der Waals surface area contributed by atoms with E-state index in [1.54, 1.807) is 30.3 Å². The van der Waals surface area contributed by atoms with Crippen LogP contribution in [0.15, 0.2) is 42.5 Å². The summed E-state index contributed by atoms with van der Waals surface area (Å²) in [4.78, 5) is 25.3. The Bertz CT molecular complexity index is 777. The maximum atomic E-state index is 14.2. The van der Waals surface area contributed by atoms with Gasteiger partial charge in [-0.1, -0.05) is 17.7 Å². The molecule has 1 amide bonds. The van der Waals surface area contributed by atoms with Crippen LogP contribution in [-0.2, 0) is 9.53 Å². The third kappa shape index (κ3) is 2.99. The summed E-state index contributed by atoms with van der Waals surface area (Å²) < 4.78 is 18.9. The molecule has 2 aromatic rings. The lowest BCUT2D eigenvalue weighted by molar-refractivity contribution is -0.115. The monoisotopic (exact) mass is 365 g/mol. The Balaban J connectivity index is 1.98. The SMILES string of the molecule is COC(=O)c1ccc(N2C(=O)CSC2c2c(F)cccc2Cl)cc1. The van der Waals surface area contributed by atoms with Gasteiger partial charge in [0.1, 0.15) is 11.2 Å². The fourth-order valence-electron chi connectivity index (χ4n) is 2.54. The van der Waals surface area contributed by atoms with Gasteiger partial charge in [-0.05, 0) is 36.4 Å². The molecule has 1 fully saturated rings. The van der Waals surface area contributed by atoms with E-state index in [0.717, 1.165) is 0 Å². The van der Waals surface area contributed by atoms with Crippen molar-refractivity contribution in [2.45, 2.75) is 5.37 Å². The molecule has 1 aliphatic heterocycles. The maximum absolute atomic E-state index is 14.2. The predicted molar refractivity (Wildman–Crippen MR) is 91.9 cm³/mol. The zero-order valence-corrected chi connectivity index (χ0v) is 14.2. The van der Waals surface area contributed by atoms with Crippen molar-refractivity contribution in [2.75, 3.05) is 17.8 Å². The normalized spacial score (nSPS) is 17.2. The van der Waals surface area contributed by atoms with Crippen LogP contribution in [0.3, 0.4) is 0 Å². The molecule has 4 nitrogen and oxygen atoms in total. The molecule has 1 aliphatic rings. The van der Waals surface area contributed by atoms with Crippen molar-refractivity contribution in [1.29, 1.82) is 0 Å². The molecular formula is C17H13ClFNO3S. The van der Waals surface area contributed by atoms with E-state index in [0.29, 0.717) is 11.3 Å². The first-order valence-corrected chi connectivity index (χ1v) is 8.51. The van der Waals surface area contributed by atoms with Gasteiger partial charge >= 0.3 is 5.97 Å². The first-order valence-electron chi connectivity index (χ1n) is 7.09. The number of esters is 1. The molecule has 1 atom stereocenters. The van der Waals surface area contributed by atoms with Crippen molar-refractivity contribution < 1.29 is 18.7 Å². The Labute approximate surface area is 147 Å². The van der Waals surface area contributed by atoms with E-state index in [1.165, 1.54) is 35.9 Å². The molecule has 1 heterocycles. The van der Waals surface area contributed by atoms with Gasteiger partial charge in [0.2, 0.25) is 5.91 Å². The minimum absolute atomic E-state index is 0.143. The third-order valence-corrected chi connectivity index (χ3v) is 5.19. The van der Waals surface area contributed by atoms with Crippen LogP contribution in [0.4, 0.5) is 10.1 Å². The van der Waals surface area contributed by atoms with Crippen LogP contribution in [0.5, 0.6) is 0 Å². The van der Waals surface area contributed by atoms with Crippen LogP contribution in [-0.4, -0.2) is 24.7 Å². The first kappa shape index (κ1) is 16.8. The summed E-state index contributed by atoms with van der Waals surface area (Å²) >= 11 is 7.45. The number of carbonyl (C=O) groups is 2. The van der Waals surface area contributed by atoms with Crippen molar-refractivity contribution >= 4 is 40.9 Å². The Morgan fingerprint density at radius 2 is 2.00 bits per heavy atom. The summed E-state index contributed by atoms with van der Waals surface area (Å²) in [7, 11) is 1.30. The van der Waals surface area contributed by atoms with Crippen LogP contribution in [0.1, 0.15) is 21.3 Å². The molecule has 0 saturated carbocycles. The summed E-state index contributed by atoms with van der Waals surface area (Å²) in [5, 5.41) is -0.270. The molecule has 1 saturated heterocycles. The average molecular weight is 366 g/mol. The quantitative estimate of drug-likeness (QED) is 0.770. The predicted octanol–water partition coefficient (Wildman–Crippen LogP) is 4.04. The van der Waals surface area contributed by atoms with Crippen LogP contribution < -0.4 is 4.90 Å². The molecule has 2 aromatic carbocycles. The van der Waals surface area contributed by atoms with Crippen LogP contribution in [0, 0.1) is 5.82 Å². The van der Waals surface area contributed by atoms with Gasteiger partial charge in [0, 0.05) is 16.3 Å². The molecule has 124 valence electrons. The zero-order valence-electron chi connectivity index (χ0n) is 12.7. The van der Waals surface area contributed by atoms with Gasteiger partial charge in [-0.3, -0.25) is 9.69 Å². The fraction of sp³-hybridized carbons (Fsp3) is 0.176. The smallest absolute Gasteiger partial charge is 0.337 e. The first-order chi connectivity index (χ1) is 11.5. The summed E-state index contributed by atoms with van der Waals surface area (Å²) in [6, 6.07) is 10.9. The number of halogens is 2. The van der Waals surface area contributed by atoms with E-state index in [9.17, 15) is 14.0 Å². The highest BCUT2D eigenvalue weighted by atomic mass is 35.5. The summed E-state index contributed by atoms with van der Waals surface area (Å²) in [6.45, 7) is 0. The molecule has 24 heavy (non-hydrogen) atoms. The van der Waals surface area contributed by atoms with Gasteiger partial charge in [0.15, 0.2) is 0 Å². The molecule has 0 spiro atoms. The second kappa shape index (κ2) is 6.83. The number of hydrogen-bond donors (Lipinski definition) is 0. The van der Waals surface area contributed by atoms with Crippen molar-refractivity contribution in [1.82, 2.24) is 0 Å². The van der Waals surface area contributed by atoms with E-state index >= 15 is 0 Å². The Morgan fingerprint density at radius 3 is 2.62 bits per heavy atom. The van der Waals surface area contributed by atoms with Crippen LogP contribution in [0.2, 0.25) is 5.02 Å². The van der Waals surface area contributed by atoms with Crippen LogP contribution in [0.25, 0.3) is 0 Å². The van der Waals surface area contributed by atoms with E-state index in [-0.39, 0.29) is 22.2 Å². The number of hydrogen-bond acceptors (Lipinski definition) is 4. The van der Waals surface area contributed by atoms with Gasteiger partial charge in [0.25, 0.3) is 0 Å². The highest BCUT2D eigenvalue weighted by molar-refractivity contribution is 8.00. The third-order valence-electron chi connectivity index (χ3n) is 3.68. The van der Waals surface area contributed by atoms with Gasteiger partial charge in [-0.2, -0.15) is 0 Å². The van der Waals surface area contributed by atoms with E-state index in [2.05, 4.69) is 4.74 Å². The second-order valence-corrected chi connectivity index (χ2v) is 6.58. The second-order valence-electron chi connectivity index (χ2n) is 5.10. The number of ether oxygens (including phenoxy) is 1. The number of anilines is 1. The molecule has 0 aliphatic carbocycles. The average Bonchev–Trinajstić information content (AvgIpc) is 2.95. The Hall–Kier alpha value is -2.05. The fourth-order valence-corrected chi connectivity index (χ4v) is 4.10. The van der Waals surface area contributed by atoms with E-state index in [4.69, 9.17) is 11.6 Å². The van der Waals surface area contributed by atoms with E-state index in [1.807, 2.05) is 0 Å². The van der Waals surface area contributed by atoms with E-state index < -0.39 is 17.2 Å². The van der Waals surface area contributed by atoms with Gasteiger partial charge < -0.3 is 4.74 Å². The number of nitrogens with zero attached hydrogens (tertiary/aromatic N) is 1. The number of benzene rings is 2.